The summed E-state index contributed by atoms with van der Waals surface area (Å²) in [7, 11) is 0. The number of hydrogen-bond donors (Lipinski definition) is 1. The van der Waals surface area contributed by atoms with Crippen molar-refractivity contribution in [3.63, 3.8) is 0 Å². The van der Waals surface area contributed by atoms with E-state index in [4.69, 9.17) is 9.72 Å². The Labute approximate surface area is 123 Å². The number of rotatable bonds is 5. The molecule has 0 saturated carbocycles. The monoisotopic (exact) mass is 294 g/mol. The van der Waals surface area contributed by atoms with Crippen molar-refractivity contribution in [2.75, 3.05) is 37.7 Å². The first kappa shape index (κ1) is 13.9. The van der Waals surface area contributed by atoms with Gasteiger partial charge in [0.15, 0.2) is 10.8 Å². The van der Waals surface area contributed by atoms with Crippen LogP contribution in [0.25, 0.3) is 4.96 Å². The van der Waals surface area contributed by atoms with Crippen molar-refractivity contribution in [1.82, 2.24) is 14.7 Å². The Morgan fingerprint density at radius 3 is 2.95 bits per heavy atom. The summed E-state index contributed by atoms with van der Waals surface area (Å²) in [6.07, 6.45) is 2.11. The smallest absolute Gasteiger partial charge is 0.195 e. The van der Waals surface area contributed by atoms with E-state index in [1.165, 1.54) is 5.69 Å². The van der Waals surface area contributed by atoms with Crippen molar-refractivity contribution in [1.29, 1.82) is 0 Å². The first-order valence-corrected chi connectivity index (χ1v) is 8.11. The number of imidazole rings is 1. The molecule has 0 spiro atoms. The van der Waals surface area contributed by atoms with Crippen LogP contribution >= 0.6 is 11.3 Å². The number of aromatic nitrogens is 2. The molecule has 1 aliphatic rings. The van der Waals surface area contributed by atoms with Gasteiger partial charge in [0.2, 0.25) is 0 Å². The van der Waals surface area contributed by atoms with Crippen LogP contribution in [0.15, 0.2) is 11.6 Å². The minimum absolute atomic E-state index is 0.660. The lowest BCUT2D eigenvalue weighted by molar-refractivity contribution is 0.122. The van der Waals surface area contributed by atoms with Gasteiger partial charge < -0.3 is 15.0 Å². The Hall–Kier alpha value is -1.11. The van der Waals surface area contributed by atoms with Crippen molar-refractivity contribution in [2.24, 2.45) is 5.92 Å². The van der Waals surface area contributed by atoms with Gasteiger partial charge in [-0.2, -0.15) is 0 Å². The van der Waals surface area contributed by atoms with Gasteiger partial charge >= 0.3 is 0 Å². The van der Waals surface area contributed by atoms with Crippen LogP contribution < -0.4 is 10.2 Å². The van der Waals surface area contributed by atoms with Crippen LogP contribution in [0.5, 0.6) is 0 Å². The third-order valence-corrected chi connectivity index (χ3v) is 4.25. The zero-order chi connectivity index (χ0) is 13.9. The Morgan fingerprint density at radius 1 is 1.40 bits per heavy atom. The summed E-state index contributed by atoms with van der Waals surface area (Å²) < 4.78 is 7.65. The van der Waals surface area contributed by atoms with Gasteiger partial charge in [0.05, 0.1) is 18.9 Å². The predicted molar refractivity (Wildman–Crippen MR) is 82.6 cm³/mol. The van der Waals surface area contributed by atoms with Crippen LogP contribution in [-0.2, 0) is 11.3 Å². The van der Waals surface area contributed by atoms with Crippen LogP contribution in [0.2, 0.25) is 0 Å². The number of ether oxygens (including phenoxy) is 1. The molecule has 5 nitrogen and oxygen atoms in total. The summed E-state index contributed by atoms with van der Waals surface area (Å²) in [5.74, 6) is 1.78. The molecular weight excluding hydrogens is 272 g/mol. The molecule has 0 radical (unpaired) electrons. The fourth-order valence-electron chi connectivity index (χ4n) is 2.49. The Bertz CT molecular complexity index is 557. The van der Waals surface area contributed by atoms with Gasteiger partial charge in [-0.3, -0.25) is 4.40 Å². The summed E-state index contributed by atoms with van der Waals surface area (Å²) in [6.45, 7) is 9.81. The molecule has 0 unspecified atom stereocenters. The molecule has 1 saturated heterocycles. The summed E-state index contributed by atoms with van der Waals surface area (Å²) in [5.41, 5.74) is 1.27. The standard InChI is InChI=1S/C14H22N4OS/c1-11(2)9-15-10-12-13(17-3-6-19-7-4-17)16-14-18(12)5-8-20-14/h5,8,11,15H,3-4,6-7,9-10H2,1-2H3. The highest BCUT2D eigenvalue weighted by molar-refractivity contribution is 7.15. The van der Waals surface area contributed by atoms with E-state index in [1.807, 2.05) is 0 Å². The third-order valence-electron chi connectivity index (χ3n) is 3.50. The van der Waals surface area contributed by atoms with Crippen molar-refractivity contribution >= 4 is 22.1 Å². The van der Waals surface area contributed by atoms with Gasteiger partial charge in [0.1, 0.15) is 0 Å². The van der Waals surface area contributed by atoms with Crippen molar-refractivity contribution in [3.8, 4) is 0 Å². The Morgan fingerprint density at radius 2 is 2.20 bits per heavy atom. The normalized spacial score (nSPS) is 16.4. The van der Waals surface area contributed by atoms with E-state index >= 15 is 0 Å². The number of morpholine rings is 1. The average Bonchev–Trinajstić information content (AvgIpc) is 3.01. The molecule has 110 valence electrons. The van der Waals surface area contributed by atoms with Gasteiger partial charge in [-0.15, -0.1) is 11.3 Å². The Kier molecular flexibility index (Phi) is 4.24. The van der Waals surface area contributed by atoms with Gasteiger partial charge in [-0.1, -0.05) is 13.8 Å². The molecule has 3 rings (SSSR count). The second-order valence-electron chi connectivity index (χ2n) is 5.56. The summed E-state index contributed by atoms with van der Waals surface area (Å²) in [6, 6.07) is 0. The van der Waals surface area contributed by atoms with Crippen LogP contribution in [0.3, 0.4) is 0 Å². The molecule has 2 aromatic heterocycles. The fraction of sp³-hybridized carbons (Fsp3) is 0.643. The highest BCUT2D eigenvalue weighted by Gasteiger charge is 2.20. The number of thiazole rings is 1. The van der Waals surface area contributed by atoms with Crippen LogP contribution in [0.1, 0.15) is 19.5 Å². The maximum Gasteiger partial charge on any atom is 0.195 e. The quantitative estimate of drug-likeness (QED) is 0.915. The number of fused-ring (bicyclic) bond motifs is 1. The molecular formula is C14H22N4OS. The first-order valence-electron chi connectivity index (χ1n) is 7.23. The van der Waals surface area contributed by atoms with Crippen molar-refractivity contribution in [3.05, 3.63) is 17.3 Å². The molecule has 1 fully saturated rings. The van der Waals surface area contributed by atoms with Crippen LogP contribution in [0.4, 0.5) is 5.82 Å². The van der Waals surface area contributed by atoms with Crippen LogP contribution in [0, 0.1) is 5.92 Å². The van der Waals surface area contributed by atoms with Gasteiger partial charge in [0, 0.05) is 31.2 Å². The molecule has 0 bridgehead atoms. The molecule has 0 aromatic carbocycles. The topological polar surface area (TPSA) is 41.8 Å². The Balaban J connectivity index is 1.83. The first-order chi connectivity index (χ1) is 9.75. The van der Waals surface area contributed by atoms with E-state index in [0.717, 1.165) is 50.2 Å². The molecule has 1 aliphatic heterocycles. The van der Waals surface area contributed by atoms with Crippen molar-refractivity contribution in [2.45, 2.75) is 20.4 Å². The third kappa shape index (κ3) is 2.82. The van der Waals surface area contributed by atoms with E-state index in [-0.39, 0.29) is 0 Å². The molecule has 2 aromatic rings. The minimum Gasteiger partial charge on any atom is -0.378 e. The van der Waals surface area contributed by atoms with E-state index in [2.05, 4.69) is 40.0 Å². The number of nitrogens with one attached hydrogen (secondary N) is 1. The SMILES string of the molecule is CC(C)CNCc1c(N2CCOCC2)nc2sccn12. The molecule has 20 heavy (non-hydrogen) atoms. The average molecular weight is 294 g/mol. The molecule has 0 amide bonds. The highest BCUT2D eigenvalue weighted by atomic mass is 32.1. The van der Waals surface area contributed by atoms with Crippen molar-refractivity contribution < 1.29 is 4.74 Å². The summed E-state index contributed by atoms with van der Waals surface area (Å²) in [4.78, 5) is 8.23. The molecule has 0 aliphatic carbocycles. The second kappa shape index (κ2) is 6.11. The molecule has 6 heteroatoms. The van der Waals surface area contributed by atoms with Crippen LogP contribution in [-0.4, -0.2) is 42.2 Å². The van der Waals surface area contributed by atoms with E-state index in [9.17, 15) is 0 Å². The predicted octanol–water partition coefficient (Wildman–Crippen LogP) is 1.98. The lowest BCUT2D eigenvalue weighted by Gasteiger charge is -2.27. The minimum atomic E-state index is 0.660. The number of hydrogen-bond acceptors (Lipinski definition) is 5. The van der Waals surface area contributed by atoms with E-state index < -0.39 is 0 Å². The maximum absolute atomic E-state index is 5.44. The van der Waals surface area contributed by atoms with E-state index in [0.29, 0.717) is 5.92 Å². The molecule has 3 heterocycles. The summed E-state index contributed by atoms with van der Waals surface area (Å²) >= 11 is 1.69. The fourth-order valence-corrected chi connectivity index (χ4v) is 3.22. The van der Waals surface area contributed by atoms with Gasteiger partial charge in [-0.05, 0) is 12.5 Å². The lowest BCUT2D eigenvalue weighted by Crippen LogP contribution is -2.37. The lowest BCUT2D eigenvalue weighted by atomic mass is 10.2. The number of anilines is 1. The zero-order valence-corrected chi connectivity index (χ0v) is 12.9. The highest BCUT2D eigenvalue weighted by Crippen LogP contribution is 2.25. The van der Waals surface area contributed by atoms with Gasteiger partial charge in [0.25, 0.3) is 0 Å². The maximum atomic E-state index is 5.44. The zero-order valence-electron chi connectivity index (χ0n) is 12.1. The largest absolute Gasteiger partial charge is 0.378 e. The van der Waals surface area contributed by atoms with Gasteiger partial charge in [-0.25, -0.2) is 4.98 Å². The second-order valence-corrected chi connectivity index (χ2v) is 6.43. The number of nitrogens with zero attached hydrogens (tertiary/aromatic N) is 3. The van der Waals surface area contributed by atoms with E-state index in [1.54, 1.807) is 11.3 Å². The summed E-state index contributed by atoms with van der Waals surface area (Å²) in [5, 5.41) is 5.63. The molecule has 1 N–H and O–H groups in total. The molecule has 0 atom stereocenters.